The van der Waals surface area contributed by atoms with Crippen LogP contribution in [0.4, 0.5) is 0 Å². The summed E-state index contributed by atoms with van der Waals surface area (Å²) >= 11 is 0. The van der Waals surface area contributed by atoms with Gasteiger partial charge in [0, 0.05) is 0 Å². The third-order valence-corrected chi connectivity index (χ3v) is 1.92. The van der Waals surface area contributed by atoms with Crippen molar-refractivity contribution in [2.75, 3.05) is 0 Å². The average Bonchev–Trinajstić information content (AvgIpc) is 2.06. The summed E-state index contributed by atoms with van der Waals surface area (Å²) in [7, 11) is 0. The normalized spacial score (nSPS) is 10.3. The van der Waals surface area contributed by atoms with Crippen molar-refractivity contribution in [3.05, 3.63) is 48.0 Å². The van der Waals surface area contributed by atoms with Gasteiger partial charge in [-0.3, -0.25) is 0 Å². The number of rotatable bonds is 0. The summed E-state index contributed by atoms with van der Waals surface area (Å²) in [5.74, 6) is 0. The molecule has 0 saturated carbocycles. The molecule has 2 rings (SSSR count). The molecule has 0 heterocycles. The molecule has 1 radical (unpaired) electrons. The predicted molar refractivity (Wildman–Crippen MR) is 47.5 cm³/mol. The highest BCUT2D eigenvalue weighted by Crippen LogP contribution is 2.16. The van der Waals surface area contributed by atoms with Gasteiger partial charge < -0.3 is 0 Å². The Hall–Kier alpha value is -1.30. The van der Waals surface area contributed by atoms with Crippen LogP contribution in [-0.2, 0) is 0 Å². The minimum atomic E-state index is 1.27. The number of fused-ring (bicyclic) bond motifs is 1. The van der Waals surface area contributed by atoms with Crippen LogP contribution in [0.1, 0.15) is 5.56 Å². The fraction of sp³-hybridized carbons (Fsp3) is 0.0909. The van der Waals surface area contributed by atoms with Crippen LogP contribution in [0, 0.1) is 13.0 Å². The highest BCUT2D eigenvalue weighted by Gasteiger charge is 1.92. The third kappa shape index (κ3) is 1.01. The van der Waals surface area contributed by atoms with E-state index in [1.54, 1.807) is 0 Å². The molecule has 0 heteroatoms. The van der Waals surface area contributed by atoms with Crippen LogP contribution in [0.5, 0.6) is 0 Å². The van der Waals surface area contributed by atoms with Crippen molar-refractivity contribution < 1.29 is 0 Å². The van der Waals surface area contributed by atoms with Crippen LogP contribution in [0.25, 0.3) is 10.8 Å². The number of hydrogen-bond acceptors (Lipinski definition) is 0. The van der Waals surface area contributed by atoms with Gasteiger partial charge in [-0.1, -0.05) is 30.3 Å². The number of hydrogen-bond donors (Lipinski definition) is 0. The van der Waals surface area contributed by atoms with Crippen LogP contribution in [0.3, 0.4) is 0 Å². The lowest BCUT2D eigenvalue weighted by Gasteiger charge is -1.98. The Labute approximate surface area is 66.5 Å². The fourth-order valence-corrected chi connectivity index (χ4v) is 1.32. The zero-order chi connectivity index (χ0) is 7.68. The number of aryl methyl sites for hydroxylation is 1. The largest absolute Gasteiger partial charge is 0.0616 e. The van der Waals surface area contributed by atoms with E-state index in [1.165, 1.54) is 16.3 Å². The van der Waals surface area contributed by atoms with Crippen molar-refractivity contribution in [3.8, 4) is 0 Å². The van der Waals surface area contributed by atoms with Crippen molar-refractivity contribution in [1.29, 1.82) is 0 Å². The molecule has 2 aromatic rings. The number of benzene rings is 2. The van der Waals surface area contributed by atoms with Crippen LogP contribution < -0.4 is 0 Å². The van der Waals surface area contributed by atoms with Crippen LogP contribution >= 0.6 is 0 Å². The summed E-state index contributed by atoms with van der Waals surface area (Å²) in [4.78, 5) is 0. The molecule has 0 N–H and O–H groups in total. The van der Waals surface area contributed by atoms with Crippen LogP contribution in [0.2, 0.25) is 0 Å². The molecule has 0 aliphatic heterocycles. The van der Waals surface area contributed by atoms with Gasteiger partial charge in [-0.15, -0.1) is 0 Å². The molecular formula is C11H9. The second-order valence-electron chi connectivity index (χ2n) is 2.73. The Bertz CT molecular complexity index is 369. The Morgan fingerprint density at radius 3 is 2.73 bits per heavy atom. The molecule has 0 aliphatic rings. The molecule has 0 nitrogen and oxygen atoms in total. The van der Waals surface area contributed by atoms with Gasteiger partial charge in [0.25, 0.3) is 0 Å². The van der Waals surface area contributed by atoms with E-state index in [4.69, 9.17) is 0 Å². The highest BCUT2D eigenvalue weighted by molar-refractivity contribution is 5.85. The lowest BCUT2D eigenvalue weighted by atomic mass is 10.1. The van der Waals surface area contributed by atoms with E-state index in [0.717, 1.165) is 0 Å². The first-order valence-corrected chi connectivity index (χ1v) is 3.73. The summed E-state index contributed by atoms with van der Waals surface area (Å²) in [6.45, 7) is 2.11. The van der Waals surface area contributed by atoms with E-state index < -0.39 is 0 Å². The topological polar surface area (TPSA) is 0 Å². The SMILES string of the molecule is Cc1c[c]cc2ccccc12. The van der Waals surface area contributed by atoms with Gasteiger partial charge in [0.15, 0.2) is 0 Å². The molecule has 53 valence electrons. The summed E-state index contributed by atoms with van der Waals surface area (Å²) in [6.07, 6.45) is 0. The zero-order valence-corrected chi connectivity index (χ0v) is 6.46. The fourth-order valence-electron chi connectivity index (χ4n) is 1.32. The lowest BCUT2D eigenvalue weighted by molar-refractivity contribution is 1.52. The van der Waals surface area contributed by atoms with Gasteiger partial charge in [-0.05, 0) is 35.4 Å². The summed E-state index contributed by atoms with van der Waals surface area (Å²) in [5.41, 5.74) is 1.29. The molecule has 0 saturated heterocycles. The second-order valence-corrected chi connectivity index (χ2v) is 2.73. The predicted octanol–water partition coefficient (Wildman–Crippen LogP) is 2.95. The minimum Gasteiger partial charge on any atom is -0.0616 e. The Kier molecular flexibility index (Phi) is 1.39. The highest BCUT2D eigenvalue weighted by atomic mass is 14.0. The van der Waals surface area contributed by atoms with Crippen LogP contribution in [0.15, 0.2) is 36.4 Å². The van der Waals surface area contributed by atoms with Gasteiger partial charge in [0.2, 0.25) is 0 Å². The van der Waals surface area contributed by atoms with E-state index >= 15 is 0 Å². The van der Waals surface area contributed by atoms with Gasteiger partial charge in [0.05, 0.1) is 0 Å². The third-order valence-electron chi connectivity index (χ3n) is 1.92. The van der Waals surface area contributed by atoms with Gasteiger partial charge in [-0.2, -0.15) is 0 Å². The average molecular weight is 141 g/mol. The molecule has 0 spiro atoms. The molecule has 11 heavy (non-hydrogen) atoms. The second kappa shape index (κ2) is 2.39. The van der Waals surface area contributed by atoms with E-state index in [0.29, 0.717) is 0 Å². The molecule has 0 atom stereocenters. The molecule has 0 fully saturated rings. The van der Waals surface area contributed by atoms with Crippen molar-refractivity contribution in [2.45, 2.75) is 6.92 Å². The van der Waals surface area contributed by atoms with E-state index in [-0.39, 0.29) is 0 Å². The van der Waals surface area contributed by atoms with Crippen molar-refractivity contribution >= 4 is 10.8 Å². The first-order chi connectivity index (χ1) is 5.38. The first-order valence-electron chi connectivity index (χ1n) is 3.73. The van der Waals surface area contributed by atoms with Crippen LogP contribution in [-0.4, -0.2) is 0 Å². The van der Waals surface area contributed by atoms with Crippen molar-refractivity contribution in [3.63, 3.8) is 0 Å². The summed E-state index contributed by atoms with van der Waals surface area (Å²) in [5, 5.41) is 2.60. The smallest absolute Gasteiger partial charge is 0.0154 e. The maximum Gasteiger partial charge on any atom is -0.0154 e. The molecule has 0 aliphatic carbocycles. The maximum atomic E-state index is 3.10. The summed E-state index contributed by atoms with van der Waals surface area (Å²) < 4.78 is 0. The molecular weight excluding hydrogens is 132 g/mol. The standard InChI is InChI=1S/C11H9/c1-9-5-4-7-10-6-2-3-8-11(9)10/h2-3,5-8H,1H3. The molecule has 0 unspecified atom stereocenters. The lowest BCUT2D eigenvalue weighted by Crippen LogP contribution is -1.75. The van der Waals surface area contributed by atoms with Gasteiger partial charge in [-0.25, -0.2) is 0 Å². The summed E-state index contributed by atoms with van der Waals surface area (Å²) in [6, 6.07) is 15.5. The van der Waals surface area contributed by atoms with E-state index in [2.05, 4.69) is 37.3 Å². The van der Waals surface area contributed by atoms with E-state index in [9.17, 15) is 0 Å². The Morgan fingerprint density at radius 2 is 1.91 bits per heavy atom. The quantitative estimate of drug-likeness (QED) is 0.529. The van der Waals surface area contributed by atoms with Crippen molar-refractivity contribution in [1.82, 2.24) is 0 Å². The van der Waals surface area contributed by atoms with Crippen molar-refractivity contribution in [2.24, 2.45) is 0 Å². The van der Waals surface area contributed by atoms with E-state index in [1.807, 2.05) is 12.1 Å². The maximum absolute atomic E-state index is 3.10. The van der Waals surface area contributed by atoms with Gasteiger partial charge >= 0.3 is 0 Å². The molecule has 0 amide bonds. The minimum absolute atomic E-state index is 1.27. The molecule has 0 bridgehead atoms. The Balaban J connectivity index is 2.91. The molecule has 2 aromatic carbocycles. The monoisotopic (exact) mass is 141 g/mol. The van der Waals surface area contributed by atoms with Gasteiger partial charge in [0.1, 0.15) is 0 Å². The first kappa shape index (κ1) is 6.41. The Morgan fingerprint density at radius 1 is 1.09 bits per heavy atom. The molecule has 0 aromatic heterocycles. The zero-order valence-electron chi connectivity index (χ0n) is 6.46.